The maximum atomic E-state index is 13.0. The van der Waals surface area contributed by atoms with Gasteiger partial charge in [0.05, 0.1) is 16.7 Å². The van der Waals surface area contributed by atoms with Crippen LogP contribution in [0.4, 0.5) is 11.4 Å². The van der Waals surface area contributed by atoms with Gasteiger partial charge in [0.15, 0.2) is 5.16 Å². The van der Waals surface area contributed by atoms with Crippen LogP contribution in [0.2, 0.25) is 0 Å². The van der Waals surface area contributed by atoms with Crippen molar-refractivity contribution in [1.82, 2.24) is 9.97 Å². The molecule has 4 rings (SSSR count). The van der Waals surface area contributed by atoms with Gasteiger partial charge < -0.3 is 10.3 Å². The van der Waals surface area contributed by atoms with Crippen LogP contribution in [0.5, 0.6) is 0 Å². The quantitative estimate of drug-likeness (QED) is 0.415. The summed E-state index contributed by atoms with van der Waals surface area (Å²) in [5.41, 5.74) is 3.19. The van der Waals surface area contributed by atoms with Crippen LogP contribution in [0.3, 0.4) is 0 Å². The average Bonchev–Trinajstić information content (AvgIpc) is 3.20. The van der Waals surface area contributed by atoms with Gasteiger partial charge in [-0.3, -0.25) is 9.59 Å². The Balaban J connectivity index is 1.46. The Morgan fingerprint density at radius 3 is 2.27 bits per heavy atom. The van der Waals surface area contributed by atoms with Gasteiger partial charge in [-0.25, -0.2) is 9.29 Å². The van der Waals surface area contributed by atoms with Crippen molar-refractivity contribution in [3.05, 3.63) is 84.9 Å². The topological polar surface area (TPSA) is 78.1 Å². The fourth-order valence-corrected chi connectivity index (χ4v) is 3.83. The highest BCUT2D eigenvalue weighted by Gasteiger charge is 2.20. The Morgan fingerprint density at radius 1 is 0.867 bits per heavy atom. The molecular weight excluding hydrogens is 396 g/mol. The third-order valence-corrected chi connectivity index (χ3v) is 5.35. The molecule has 2 N–H and O–H groups in total. The first-order valence-corrected chi connectivity index (χ1v) is 10.3. The molecule has 0 aliphatic carbocycles. The SMILES string of the molecule is O=C(CCC(=O)N(Sc1nc2ccccc2[nH]1)c1ccccc1)Nc1ccccc1. The number of hydrogen-bond donors (Lipinski definition) is 2. The standard InChI is InChI=1S/C23H20N4O2S/c28-21(24-17-9-3-1-4-10-17)15-16-22(29)27(18-11-5-2-6-12-18)30-23-25-19-13-7-8-14-20(19)26-23/h1-14H,15-16H2,(H,24,28)(H,25,26). The van der Waals surface area contributed by atoms with Crippen molar-refractivity contribution in [2.75, 3.05) is 9.62 Å². The molecule has 150 valence electrons. The van der Waals surface area contributed by atoms with Gasteiger partial charge >= 0.3 is 0 Å². The number of fused-ring (bicyclic) bond motifs is 1. The Labute approximate surface area is 178 Å². The molecule has 2 amide bonds. The summed E-state index contributed by atoms with van der Waals surface area (Å²) >= 11 is 1.22. The lowest BCUT2D eigenvalue weighted by atomic mass is 10.2. The number of aromatic nitrogens is 2. The van der Waals surface area contributed by atoms with Gasteiger partial charge in [-0.05, 0) is 36.4 Å². The number of carbonyl (C=O) groups is 2. The third-order valence-electron chi connectivity index (χ3n) is 4.39. The number of hydrogen-bond acceptors (Lipinski definition) is 4. The molecule has 1 aromatic heterocycles. The molecule has 0 spiro atoms. The van der Waals surface area contributed by atoms with Crippen molar-refractivity contribution < 1.29 is 9.59 Å². The maximum Gasteiger partial charge on any atom is 0.237 e. The molecule has 1 heterocycles. The molecule has 0 fully saturated rings. The number of nitrogens with one attached hydrogen (secondary N) is 2. The van der Waals surface area contributed by atoms with E-state index in [2.05, 4.69) is 15.3 Å². The third kappa shape index (κ3) is 4.87. The summed E-state index contributed by atoms with van der Waals surface area (Å²) in [5.74, 6) is -0.369. The van der Waals surface area contributed by atoms with Crippen LogP contribution in [0.25, 0.3) is 11.0 Å². The lowest BCUT2D eigenvalue weighted by molar-refractivity contribution is -0.121. The van der Waals surface area contributed by atoms with Crippen molar-refractivity contribution in [1.29, 1.82) is 0 Å². The van der Waals surface area contributed by atoms with E-state index in [-0.39, 0.29) is 24.7 Å². The van der Waals surface area contributed by atoms with E-state index in [9.17, 15) is 9.59 Å². The van der Waals surface area contributed by atoms with Crippen LogP contribution in [-0.2, 0) is 9.59 Å². The summed E-state index contributed by atoms with van der Waals surface area (Å²) in [7, 11) is 0. The molecule has 4 aromatic rings. The second-order valence-electron chi connectivity index (χ2n) is 6.59. The molecule has 0 bridgehead atoms. The minimum absolute atomic E-state index is 0.0841. The number of nitrogens with zero attached hydrogens (tertiary/aromatic N) is 2. The average molecular weight is 417 g/mol. The molecule has 7 heteroatoms. The number of rotatable bonds is 7. The first-order chi connectivity index (χ1) is 14.7. The zero-order chi connectivity index (χ0) is 20.8. The highest BCUT2D eigenvalue weighted by Crippen LogP contribution is 2.29. The molecule has 0 atom stereocenters. The summed E-state index contributed by atoms with van der Waals surface area (Å²) in [5, 5.41) is 3.42. The predicted octanol–water partition coefficient (Wildman–Crippen LogP) is 5.02. The highest BCUT2D eigenvalue weighted by atomic mass is 32.2. The first-order valence-electron chi connectivity index (χ1n) is 9.55. The van der Waals surface area contributed by atoms with E-state index in [0.29, 0.717) is 10.8 Å². The number of anilines is 2. The minimum atomic E-state index is -0.198. The summed E-state index contributed by atoms with van der Waals surface area (Å²) in [6.07, 6.45) is 0.179. The van der Waals surface area contributed by atoms with E-state index in [4.69, 9.17) is 0 Å². The minimum Gasteiger partial charge on any atom is -0.331 e. The van der Waals surface area contributed by atoms with Gasteiger partial charge in [0.2, 0.25) is 11.8 Å². The Morgan fingerprint density at radius 2 is 1.53 bits per heavy atom. The summed E-state index contributed by atoms with van der Waals surface area (Å²) in [6, 6.07) is 26.3. The molecule has 0 saturated heterocycles. The number of imidazole rings is 1. The van der Waals surface area contributed by atoms with Crippen molar-refractivity contribution in [2.24, 2.45) is 0 Å². The van der Waals surface area contributed by atoms with Gasteiger partial charge in [0, 0.05) is 30.5 Å². The van der Waals surface area contributed by atoms with E-state index in [1.807, 2.05) is 84.9 Å². The fourth-order valence-electron chi connectivity index (χ4n) is 2.94. The van der Waals surface area contributed by atoms with E-state index in [0.717, 1.165) is 16.7 Å². The normalized spacial score (nSPS) is 10.7. The number of H-pyrrole nitrogens is 1. The molecule has 6 nitrogen and oxygen atoms in total. The van der Waals surface area contributed by atoms with Crippen LogP contribution in [0.1, 0.15) is 12.8 Å². The molecule has 0 radical (unpaired) electrons. The van der Waals surface area contributed by atoms with E-state index in [1.54, 1.807) is 4.31 Å². The lowest BCUT2D eigenvalue weighted by Gasteiger charge is -2.20. The van der Waals surface area contributed by atoms with Gasteiger partial charge in [0.1, 0.15) is 0 Å². The number of aromatic amines is 1. The number of amides is 2. The van der Waals surface area contributed by atoms with Crippen molar-refractivity contribution in [2.45, 2.75) is 18.0 Å². The van der Waals surface area contributed by atoms with Gasteiger partial charge in [-0.2, -0.15) is 0 Å². The predicted molar refractivity (Wildman–Crippen MR) is 120 cm³/mol. The summed E-state index contributed by atoms with van der Waals surface area (Å²) in [6.45, 7) is 0. The summed E-state index contributed by atoms with van der Waals surface area (Å²) < 4.78 is 1.58. The van der Waals surface area contributed by atoms with Crippen LogP contribution in [0, 0.1) is 0 Å². The second kappa shape index (κ2) is 9.28. The molecule has 0 aliphatic heterocycles. The molecule has 0 saturated carbocycles. The van der Waals surface area contributed by atoms with Crippen LogP contribution in [0.15, 0.2) is 90.1 Å². The van der Waals surface area contributed by atoms with Crippen molar-refractivity contribution in [3.8, 4) is 0 Å². The monoisotopic (exact) mass is 416 g/mol. The van der Waals surface area contributed by atoms with Gasteiger partial charge in [0.25, 0.3) is 0 Å². The highest BCUT2D eigenvalue weighted by molar-refractivity contribution is 8.01. The Kier molecular flexibility index (Phi) is 6.10. The van der Waals surface area contributed by atoms with E-state index < -0.39 is 0 Å². The Hall–Kier alpha value is -3.58. The second-order valence-corrected chi connectivity index (χ2v) is 7.52. The molecule has 0 aliphatic rings. The number of para-hydroxylation sites is 4. The first kappa shape index (κ1) is 19.7. The maximum absolute atomic E-state index is 13.0. The Bertz CT molecular complexity index is 1110. The van der Waals surface area contributed by atoms with Crippen molar-refractivity contribution in [3.63, 3.8) is 0 Å². The van der Waals surface area contributed by atoms with Gasteiger partial charge in [-0.15, -0.1) is 0 Å². The molecule has 0 unspecified atom stereocenters. The summed E-state index contributed by atoms with van der Waals surface area (Å²) in [4.78, 5) is 33.0. The smallest absolute Gasteiger partial charge is 0.237 e. The number of benzene rings is 3. The fraction of sp³-hybridized carbons (Fsp3) is 0.0870. The van der Waals surface area contributed by atoms with Crippen LogP contribution in [-0.4, -0.2) is 21.8 Å². The zero-order valence-electron chi connectivity index (χ0n) is 16.1. The van der Waals surface area contributed by atoms with E-state index in [1.165, 1.54) is 11.9 Å². The molecular formula is C23H20N4O2S. The van der Waals surface area contributed by atoms with Crippen molar-refractivity contribution >= 4 is 46.2 Å². The molecule has 30 heavy (non-hydrogen) atoms. The van der Waals surface area contributed by atoms with E-state index >= 15 is 0 Å². The largest absolute Gasteiger partial charge is 0.331 e. The lowest BCUT2D eigenvalue weighted by Crippen LogP contribution is -2.25. The number of carbonyl (C=O) groups excluding carboxylic acids is 2. The van der Waals surface area contributed by atoms with Crippen LogP contribution >= 0.6 is 11.9 Å². The van der Waals surface area contributed by atoms with Gasteiger partial charge in [-0.1, -0.05) is 48.5 Å². The zero-order valence-corrected chi connectivity index (χ0v) is 16.9. The van der Waals surface area contributed by atoms with Crippen LogP contribution < -0.4 is 9.62 Å². The molecule has 3 aromatic carbocycles.